The van der Waals surface area contributed by atoms with Crippen molar-refractivity contribution in [3.63, 3.8) is 0 Å². The van der Waals surface area contributed by atoms with Crippen molar-refractivity contribution in [1.82, 2.24) is 5.32 Å². The zero-order valence-electron chi connectivity index (χ0n) is 11.1. The van der Waals surface area contributed by atoms with Crippen LogP contribution in [-0.2, 0) is 4.79 Å². The van der Waals surface area contributed by atoms with Crippen LogP contribution in [0.25, 0.3) is 0 Å². The van der Waals surface area contributed by atoms with Crippen molar-refractivity contribution < 1.29 is 9.53 Å². The fourth-order valence-electron chi connectivity index (χ4n) is 1.40. The molecule has 0 fully saturated rings. The lowest BCUT2D eigenvalue weighted by atomic mass is 10.2. The van der Waals surface area contributed by atoms with Gasteiger partial charge < -0.3 is 10.1 Å². The lowest BCUT2D eigenvalue weighted by molar-refractivity contribution is -0.118. The summed E-state index contributed by atoms with van der Waals surface area (Å²) in [4.78, 5) is 11.3. The maximum Gasteiger partial charge on any atom is 0.229 e. The second-order valence-corrected chi connectivity index (χ2v) is 5.17. The third-order valence-corrected chi connectivity index (χ3v) is 3.21. The Morgan fingerprint density at radius 3 is 3.00 bits per heavy atom. The zero-order valence-corrected chi connectivity index (χ0v) is 11.9. The first kappa shape index (κ1) is 14.9. The summed E-state index contributed by atoms with van der Waals surface area (Å²) < 4.78 is 5.60. The molecular formula is C14H21NO2S. The van der Waals surface area contributed by atoms with Crippen molar-refractivity contribution in [2.45, 2.75) is 20.3 Å². The number of rotatable bonds is 8. The molecule has 4 heteroatoms. The monoisotopic (exact) mass is 267 g/mol. The standard InChI is InChI=1S/C14H21NO2S/c1-3-7-15-14(16)11-18-9-8-17-13-6-4-5-12(2)10-13/h4-6,10H,3,7-9,11H2,1-2H3,(H,15,16). The highest BCUT2D eigenvalue weighted by atomic mass is 32.2. The molecule has 0 saturated carbocycles. The zero-order chi connectivity index (χ0) is 13.2. The van der Waals surface area contributed by atoms with Gasteiger partial charge in [0.25, 0.3) is 0 Å². The minimum atomic E-state index is 0.109. The van der Waals surface area contributed by atoms with Crippen LogP contribution in [0.1, 0.15) is 18.9 Å². The number of carbonyl (C=O) groups is 1. The normalized spacial score (nSPS) is 10.1. The average molecular weight is 267 g/mol. The molecule has 0 bridgehead atoms. The van der Waals surface area contributed by atoms with Crippen LogP contribution >= 0.6 is 11.8 Å². The summed E-state index contributed by atoms with van der Waals surface area (Å²) in [5, 5.41) is 2.85. The van der Waals surface area contributed by atoms with Gasteiger partial charge in [-0.05, 0) is 31.0 Å². The van der Waals surface area contributed by atoms with Gasteiger partial charge >= 0.3 is 0 Å². The predicted molar refractivity (Wildman–Crippen MR) is 77.3 cm³/mol. The van der Waals surface area contributed by atoms with E-state index in [-0.39, 0.29) is 5.91 Å². The fraction of sp³-hybridized carbons (Fsp3) is 0.500. The van der Waals surface area contributed by atoms with E-state index in [1.807, 2.05) is 38.1 Å². The molecule has 0 atom stereocenters. The van der Waals surface area contributed by atoms with E-state index >= 15 is 0 Å². The van der Waals surface area contributed by atoms with E-state index in [4.69, 9.17) is 4.74 Å². The maximum absolute atomic E-state index is 11.3. The number of benzene rings is 1. The van der Waals surface area contributed by atoms with Gasteiger partial charge in [-0.2, -0.15) is 0 Å². The minimum absolute atomic E-state index is 0.109. The van der Waals surface area contributed by atoms with Gasteiger partial charge in [0.2, 0.25) is 5.91 Å². The summed E-state index contributed by atoms with van der Waals surface area (Å²) in [5.74, 6) is 2.34. The van der Waals surface area contributed by atoms with Gasteiger partial charge in [-0.15, -0.1) is 11.8 Å². The van der Waals surface area contributed by atoms with Crippen molar-refractivity contribution in [3.05, 3.63) is 29.8 Å². The number of carbonyl (C=O) groups excluding carboxylic acids is 1. The first-order valence-corrected chi connectivity index (χ1v) is 7.41. The van der Waals surface area contributed by atoms with Crippen LogP contribution in [0.3, 0.4) is 0 Å². The van der Waals surface area contributed by atoms with Gasteiger partial charge in [-0.1, -0.05) is 19.1 Å². The molecule has 100 valence electrons. The molecule has 0 aliphatic carbocycles. The molecule has 1 aromatic carbocycles. The Hall–Kier alpha value is -1.16. The molecular weight excluding hydrogens is 246 g/mol. The highest BCUT2D eigenvalue weighted by Crippen LogP contribution is 2.12. The van der Waals surface area contributed by atoms with Crippen LogP contribution in [0.2, 0.25) is 0 Å². The average Bonchev–Trinajstić information content (AvgIpc) is 2.36. The van der Waals surface area contributed by atoms with Crippen LogP contribution < -0.4 is 10.1 Å². The molecule has 1 amide bonds. The molecule has 1 N–H and O–H groups in total. The molecule has 3 nitrogen and oxygen atoms in total. The van der Waals surface area contributed by atoms with Crippen LogP contribution in [0, 0.1) is 6.92 Å². The van der Waals surface area contributed by atoms with Crippen molar-refractivity contribution >= 4 is 17.7 Å². The van der Waals surface area contributed by atoms with Crippen molar-refractivity contribution in [2.24, 2.45) is 0 Å². The quantitative estimate of drug-likeness (QED) is 0.736. The molecule has 0 unspecified atom stereocenters. The molecule has 0 radical (unpaired) electrons. The van der Waals surface area contributed by atoms with E-state index in [9.17, 15) is 4.79 Å². The van der Waals surface area contributed by atoms with E-state index in [0.717, 1.165) is 24.5 Å². The molecule has 18 heavy (non-hydrogen) atoms. The predicted octanol–water partition coefficient (Wildman–Crippen LogP) is 2.63. The summed E-state index contributed by atoms with van der Waals surface area (Å²) in [6.07, 6.45) is 0.979. The number of aryl methyl sites for hydroxylation is 1. The largest absolute Gasteiger partial charge is 0.493 e. The smallest absolute Gasteiger partial charge is 0.229 e. The Morgan fingerprint density at radius 1 is 1.44 bits per heavy atom. The summed E-state index contributed by atoms with van der Waals surface area (Å²) >= 11 is 1.60. The molecule has 0 heterocycles. The van der Waals surface area contributed by atoms with Crippen LogP contribution in [0.4, 0.5) is 0 Å². The Morgan fingerprint density at radius 2 is 2.28 bits per heavy atom. The van der Waals surface area contributed by atoms with Gasteiger partial charge in [0.05, 0.1) is 12.4 Å². The van der Waals surface area contributed by atoms with Crippen LogP contribution in [0.5, 0.6) is 5.75 Å². The Bertz CT molecular complexity index is 369. The van der Waals surface area contributed by atoms with E-state index in [1.54, 1.807) is 11.8 Å². The third kappa shape index (κ3) is 6.55. The van der Waals surface area contributed by atoms with E-state index in [1.165, 1.54) is 5.56 Å². The first-order valence-electron chi connectivity index (χ1n) is 6.26. The fourth-order valence-corrected chi connectivity index (χ4v) is 2.04. The molecule has 1 aromatic rings. The highest BCUT2D eigenvalue weighted by molar-refractivity contribution is 7.99. The van der Waals surface area contributed by atoms with Crippen LogP contribution in [-0.4, -0.2) is 30.6 Å². The molecule has 0 saturated heterocycles. The molecule has 0 aliphatic rings. The third-order valence-electron chi connectivity index (χ3n) is 2.29. The summed E-state index contributed by atoms with van der Waals surface area (Å²) in [7, 11) is 0. The minimum Gasteiger partial charge on any atom is -0.493 e. The van der Waals surface area contributed by atoms with Crippen molar-refractivity contribution in [3.8, 4) is 5.75 Å². The summed E-state index contributed by atoms with van der Waals surface area (Å²) in [6.45, 7) is 5.48. The Kier molecular flexibility index (Phi) is 7.34. The number of nitrogens with one attached hydrogen (secondary N) is 1. The number of hydrogen-bond donors (Lipinski definition) is 1. The molecule has 0 spiro atoms. The van der Waals surface area contributed by atoms with Gasteiger partial charge in [0.15, 0.2) is 0 Å². The lowest BCUT2D eigenvalue weighted by Gasteiger charge is -2.07. The van der Waals surface area contributed by atoms with Gasteiger partial charge in [-0.25, -0.2) is 0 Å². The number of ether oxygens (including phenoxy) is 1. The summed E-state index contributed by atoms with van der Waals surface area (Å²) in [5.41, 5.74) is 1.19. The number of thioether (sulfide) groups is 1. The van der Waals surface area contributed by atoms with Gasteiger partial charge in [-0.3, -0.25) is 4.79 Å². The maximum atomic E-state index is 11.3. The first-order chi connectivity index (χ1) is 8.72. The van der Waals surface area contributed by atoms with Crippen molar-refractivity contribution in [1.29, 1.82) is 0 Å². The second-order valence-electron chi connectivity index (χ2n) is 4.07. The number of amides is 1. The van der Waals surface area contributed by atoms with Gasteiger partial charge in [0.1, 0.15) is 5.75 Å². The SMILES string of the molecule is CCCNC(=O)CSCCOc1cccc(C)c1. The second kappa shape index (κ2) is 8.86. The van der Waals surface area contributed by atoms with E-state index in [2.05, 4.69) is 5.32 Å². The van der Waals surface area contributed by atoms with E-state index in [0.29, 0.717) is 12.4 Å². The highest BCUT2D eigenvalue weighted by Gasteiger charge is 2.00. The van der Waals surface area contributed by atoms with Crippen molar-refractivity contribution in [2.75, 3.05) is 24.7 Å². The van der Waals surface area contributed by atoms with Crippen LogP contribution in [0.15, 0.2) is 24.3 Å². The molecule has 1 rings (SSSR count). The lowest BCUT2D eigenvalue weighted by Crippen LogP contribution is -2.26. The Balaban J connectivity index is 2.07. The van der Waals surface area contributed by atoms with Gasteiger partial charge in [0, 0.05) is 12.3 Å². The Labute approximate surface area is 113 Å². The van der Waals surface area contributed by atoms with E-state index < -0.39 is 0 Å². The summed E-state index contributed by atoms with van der Waals surface area (Å²) in [6, 6.07) is 7.99. The topological polar surface area (TPSA) is 38.3 Å². The molecule has 0 aromatic heterocycles. The number of hydrogen-bond acceptors (Lipinski definition) is 3. The molecule has 0 aliphatic heterocycles.